The predicted molar refractivity (Wildman–Crippen MR) is 58.5 cm³/mol. The van der Waals surface area contributed by atoms with Crippen LogP contribution in [0.2, 0.25) is 0 Å². The van der Waals surface area contributed by atoms with Gasteiger partial charge >= 0.3 is 12.1 Å². The minimum absolute atomic E-state index is 0.0800. The van der Waals surface area contributed by atoms with Crippen LogP contribution in [-0.4, -0.2) is 35.1 Å². The molecule has 0 saturated carbocycles. The first-order valence-corrected chi connectivity index (χ1v) is 5.73. The molecule has 0 aliphatic heterocycles. The molecule has 2 N–H and O–H groups in total. The fraction of sp³-hybridized carbons (Fsp3) is 0.556. The topological polar surface area (TPSA) is 71.5 Å². The zero-order valence-corrected chi connectivity index (χ0v) is 10.4. The molecule has 0 amide bonds. The molecule has 0 saturated heterocycles. The molecule has 18 heavy (non-hydrogen) atoms. The molecule has 0 fully saturated rings. The van der Waals surface area contributed by atoms with Crippen LogP contribution in [0.3, 0.4) is 0 Å². The summed E-state index contributed by atoms with van der Waals surface area (Å²) in [6.07, 6.45) is -7.59. The lowest BCUT2D eigenvalue weighted by Gasteiger charge is -2.16. The highest BCUT2D eigenvalue weighted by Gasteiger charge is 2.39. The van der Waals surface area contributed by atoms with Crippen molar-refractivity contribution in [1.82, 2.24) is 4.98 Å². The van der Waals surface area contributed by atoms with E-state index in [0.717, 1.165) is 11.3 Å². The number of anilines is 1. The van der Waals surface area contributed by atoms with E-state index in [2.05, 4.69) is 9.72 Å². The third-order valence-corrected chi connectivity index (χ3v) is 2.68. The number of carbonyl (C=O) groups is 1. The van der Waals surface area contributed by atoms with Crippen molar-refractivity contribution in [2.24, 2.45) is 0 Å². The fourth-order valence-electron chi connectivity index (χ4n) is 1.07. The number of nitrogens with one attached hydrogen (secondary N) is 1. The van der Waals surface area contributed by atoms with E-state index in [1.807, 2.05) is 0 Å². The van der Waals surface area contributed by atoms with Gasteiger partial charge in [-0.2, -0.15) is 13.2 Å². The predicted octanol–water partition coefficient (Wildman–Crippen LogP) is 1.92. The van der Waals surface area contributed by atoms with Gasteiger partial charge in [-0.1, -0.05) is 0 Å². The summed E-state index contributed by atoms with van der Waals surface area (Å²) in [7, 11) is 0. The van der Waals surface area contributed by atoms with Crippen LogP contribution in [0.15, 0.2) is 0 Å². The zero-order valence-electron chi connectivity index (χ0n) is 9.54. The second-order valence-corrected chi connectivity index (χ2v) is 4.42. The van der Waals surface area contributed by atoms with Gasteiger partial charge in [0.25, 0.3) is 0 Å². The highest BCUT2D eigenvalue weighted by atomic mass is 32.1. The molecule has 0 spiro atoms. The first-order valence-electron chi connectivity index (χ1n) is 4.91. The monoisotopic (exact) mass is 284 g/mol. The lowest BCUT2D eigenvalue weighted by atomic mass is 10.4. The number of aromatic nitrogens is 1. The molecule has 102 valence electrons. The van der Waals surface area contributed by atoms with Gasteiger partial charge in [-0.3, -0.25) is 0 Å². The summed E-state index contributed by atoms with van der Waals surface area (Å²) < 4.78 is 41.2. The number of aryl methyl sites for hydroxylation is 1. The largest absolute Gasteiger partial charge is 0.461 e. The quantitative estimate of drug-likeness (QED) is 0.653. The summed E-state index contributed by atoms with van der Waals surface area (Å²) in [5.74, 6) is -0.835. The first-order chi connectivity index (χ1) is 8.25. The molecule has 0 aliphatic rings. The van der Waals surface area contributed by atoms with Crippen molar-refractivity contribution >= 4 is 22.3 Å². The molecule has 1 aromatic rings. The number of hydrogen-bond donors (Lipinski definition) is 2. The number of halogens is 3. The number of thiazole rings is 1. The molecule has 1 unspecified atom stereocenters. The molecule has 0 bridgehead atoms. The van der Waals surface area contributed by atoms with Crippen LogP contribution in [0.1, 0.15) is 22.4 Å². The Kier molecular flexibility index (Phi) is 4.52. The minimum atomic E-state index is -4.83. The number of ether oxygens (including phenoxy) is 1. The number of esters is 1. The summed E-state index contributed by atoms with van der Waals surface area (Å²) in [5, 5.41) is 10.9. The molecule has 5 nitrogen and oxygen atoms in total. The van der Waals surface area contributed by atoms with E-state index < -0.39 is 18.4 Å². The fourth-order valence-corrected chi connectivity index (χ4v) is 1.90. The van der Waals surface area contributed by atoms with Crippen LogP contribution in [0, 0.1) is 6.92 Å². The Labute approximate surface area is 105 Å². The molecule has 0 aromatic carbocycles. The molecule has 1 atom stereocenters. The minimum Gasteiger partial charge on any atom is -0.461 e. The second kappa shape index (κ2) is 5.53. The Morgan fingerprint density at radius 1 is 1.61 bits per heavy atom. The van der Waals surface area contributed by atoms with E-state index in [1.165, 1.54) is 6.92 Å². The average molecular weight is 284 g/mol. The Morgan fingerprint density at radius 3 is 2.72 bits per heavy atom. The van der Waals surface area contributed by atoms with E-state index >= 15 is 0 Å². The van der Waals surface area contributed by atoms with E-state index in [-0.39, 0.29) is 17.3 Å². The molecular weight excluding hydrogens is 273 g/mol. The van der Waals surface area contributed by atoms with E-state index in [1.54, 1.807) is 12.2 Å². The molecule has 9 heteroatoms. The number of aliphatic hydroxyl groups is 1. The third-order valence-electron chi connectivity index (χ3n) is 1.78. The van der Waals surface area contributed by atoms with Crippen LogP contribution in [-0.2, 0) is 4.74 Å². The molecule has 1 heterocycles. The molecule has 1 rings (SSSR count). The van der Waals surface area contributed by atoms with Crippen molar-refractivity contribution in [3.05, 3.63) is 10.7 Å². The first kappa shape index (κ1) is 14.7. The number of rotatable bonds is 4. The SMILES string of the molecule is CCOC(=O)c1nc(C)sc1NC(O)C(F)(F)F. The lowest BCUT2D eigenvalue weighted by Crippen LogP contribution is -2.35. The van der Waals surface area contributed by atoms with Crippen LogP contribution < -0.4 is 5.32 Å². The van der Waals surface area contributed by atoms with Gasteiger partial charge < -0.3 is 15.2 Å². The van der Waals surface area contributed by atoms with Crippen molar-refractivity contribution in [2.45, 2.75) is 26.3 Å². The van der Waals surface area contributed by atoms with Gasteiger partial charge in [0, 0.05) is 0 Å². The summed E-state index contributed by atoms with van der Waals surface area (Å²) in [4.78, 5) is 15.2. The number of aliphatic hydroxyl groups excluding tert-OH is 1. The van der Waals surface area contributed by atoms with Gasteiger partial charge in [0.2, 0.25) is 6.23 Å². The molecule has 1 aromatic heterocycles. The van der Waals surface area contributed by atoms with Gasteiger partial charge in [0.15, 0.2) is 5.69 Å². The summed E-state index contributed by atoms with van der Waals surface area (Å²) in [6.45, 7) is 3.17. The molecular formula is C9H11F3N2O3S. The standard InChI is InChI=1S/C9H11F3N2O3S/c1-3-17-7(15)5-6(18-4(2)13-5)14-8(16)9(10,11)12/h8,14,16H,3H2,1-2H3. The van der Waals surface area contributed by atoms with Crippen molar-refractivity contribution < 1.29 is 27.8 Å². The Morgan fingerprint density at radius 2 is 2.22 bits per heavy atom. The highest BCUT2D eigenvalue weighted by Crippen LogP contribution is 2.29. The van der Waals surface area contributed by atoms with Gasteiger partial charge in [0.1, 0.15) is 5.00 Å². The number of hydrogen-bond acceptors (Lipinski definition) is 6. The van der Waals surface area contributed by atoms with Gasteiger partial charge in [-0.15, -0.1) is 11.3 Å². The second-order valence-electron chi connectivity index (χ2n) is 3.22. The molecule has 0 radical (unpaired) electrons. The third kappa shape index (κ3) is 3.57. The Hall–Kier alpha value is -1.35. The number of carbonyl (C=O) groups excluding carboxylic acids is 1. The van der Waals surface area contributed by atoms with Crippen LogP contribution in [0.25, 0.3) is 0 Å². The van der Waals surface area contributed by atoms with Gasteiger partial charge in [-0.25, -0.2) is 9.78 Å². The van der Waals surface area contributed by atoms with Crippen LogP contribution in [0.5, 0.6) is 0 Å². The summed E-state index contributed by atoms with van der Waals surface area (Å²) in [6, 6.07) is 0. The average Bonchev–Trinajstić information content (AvgIpc) is 2.58. The Balaban J connectivity index is 2.92. The summed E-state index contributed by atoms with van der Waals surface area (Å²) >= 11 is 0.830. The number of nitrogens with zero attached hydrogens (tertiary/aromatic N) is 1. The highest BCUT2D eigenvalue weighted by molar-refractivity contribution is 7.16. The van der Waals surface area contributed by atoms with Crippen molar-refractivity contribution in [3.63, 3.8) is 0 Å². The van der Waals surface area contributed by atoms with Crippen LogP contribution in [0.4, 0.5) is 18.2 Å². The van der Waals surface area contributed by atoms with Crippen molar-refractivity contribution in [3.8, 4) is 0 Å². The van der Waals surface area contributed by atoms with Gasteiger partial charge in [0.05, 0.1) is 11.6 Å². The van der Waals surface area contributed by atoms with E-state index in [4.69, 9.17) is 5.11 Å². The number of alkyl halides is 3. The maximum atomic E-state index is 12.2. The van der Waals surface area contributed by atoms with E-state index in [9.17, 15) is 18.0 Å². The van der Waals surface area contributed by atoms with Crippen LogP contribution >= 0.6 is 11.3 Å². The maximum Gasteiger partial charge on any atom is 0.433 e. The Bertz CT molecular complexity index is 433. The van der Waals surface area contributed by atoms with Crippen molar-refractivity contribution in [2.75, 3.05) is 11.9 Å². The van der Waals surface area contributed by atoms with Gasteiger partial charge in [-0.05, 0) is 13.8 Å². The lowest BCUT2D eigenvalue weighted by molar-refractivity contribution is -0.194. The smallest absolute Gasteiger partial charge is 0.433 e. The maximum absolute atomic E-state index is 12.2. The summed E-state index contributed by atoms with van der Waals surface area (Å²) in [5.41, 5.74) is -0.261. The normalized spacial score (nSPS) is 13.2. The molecule has 0 aliphatic carbocycles. The van der Waals surface area contributed by atoms with Crippen molar-refractivity contribution in [1.29, 1.82) is 0 Å². The van der Waals surface area contributed by atoms with E-state index in [0.29, 0.717) is 5.01 Å². The zero-order chi connectivity index (χ0) is 13.9.